The molecule has 0 aliphatic heterocycles. The molecule has 4 nitrogen and oxygen atoms in total. The van der Waals surface area contributed by atoms with Crippen LogP contribution in [0, 0.1) is 0 Å². The molecule has 0 aliphatic rings. The first-order valence-corrected chi connectivity index (χ1v) is 13.9. The van der Waals surface area contributed by atoms with Gasteiger partial charge in [0.1, 0.15) is 0 Å². The zero-order chi connectivity index (χ0) is 22.7. The van der Waals surface area contributed by atoms with Crippen LogP contribution in [0.1, 0.15) is 104 Å². The van der Waals surface area contributed by atoms with Crippen molar-refractivity contribution in [1.82, 2.24) is 0 Å². The van der Waals surface area contributed by atoms with Gasteiger partial charge in [0.15, 0.2) is 0 Å². The van der Waals surface area contributed by atoms with Crippen LogP contribution in [0.4, 0.5) is 0 Å². The van der Waals surface area contributed by atoms with Gasteiger partial charge in [-0.2, -0.15) is 0 Å². The number of quaternary nitrogens is 1. The summed E-state index contributed by atoms with van der Waals surface area (Å²) in [6, 6.07) is 0.401. The maximum absolute atomic E-state index is 11.0. The first-order valence-electron chi connectivity index (χ1n) is 12.3. The Bertz CT molecular complexity index is 521. The van der Waals surface area contributed by atoms with E-state index < -0.39 is 10.1 Å². The highest BCUT2D eigenvalue weighted by Gasteiger charge is 2.31. The number of hydrogen-bond acceptors (Lipinski definition) is 3. The van der Waals surface area contributed by atoms with E-state index in [1.165, 1.54) is 77.0 Å². The minimum Gasteiger partial charge on any atom is -0.748 e. The van der Waals surface area contributed by atoms with Crippen LogP contribution < -0.4 is 0 Å². The predicted molar refractivity (Wildman–Crippen MR) is 130 cm³/mol. The quantitative estimate of drug-likeness (QED) is 0.0820. The van der Waals surface area contributed by atoms with Gasteiger partial charge < -0.3 is 9.04 Å². The van der Waals surface area contributed by atoms with Gasteiger partial charge in [0.25, 0.3) is 0 Å². The first kappa shape index (κ1) is 29.4. The van der Waals surface area contributed by atoms with Gasteiger partial charge in [-0.15, -0.1) is 0 Å². The molecule has 178 valence electrons. The number of hydrogen-bond donors (Lipinski definition) is 0. The van der Waals surface area contributed by atoms with Crippen LogP contribution in [-0.2, 0) is 10.1 Å². The van der Waals surface area contributed by atoms with E-state index in [4.69, 9.17) is 0 Å². The lowest BCUT2D eigenvalue weighted by Gasteiger charge is -2.43. The lowest BCUT2D eigenvalue weighted by atomic mass is 10.0. The van der Waals surface area contributed by atoms with Gasteiger partial charge >= 0.3 is 0 Å². The minimum atomic E-state index is -4.15. The third-order valence-corrected chi connectivity index (χ3v) is 7.18. The summed E-state index contributed by atoms with van der Waals surface area (Å²) < 4.78 is 33.7. The predicted octanol–water partition coefficient (Wildman–Crippen LogP) is 6.59. The van der Waals surface area contributed by atoms with Crippen LogP contribution in [0.5, 0.6) is 0 Å². The summed E-state index contributed by atoms with van der Waals surface area (Å²) in [7, 11) is -4.15. The molecule has 0 amide bonds. The molecule has 0 aromatic rings. The van der Waals surface area contributed by atoms with E-state index >= 15 is 0 Å². The third kappa shape index (κ3) is 15.2. The van der Waals surface area contributed by atoms with E-state index in [1.54, 1.807) is 0 Å². The van der Waals surface area contributed by atoms with E-state index in [-0.39, 0.29) is 5.75 Å². The monoisotopic (exact) mass is 443 g/mol. The average Bonchev–Trinajstić information content (AvgIpc) is 2.68. The van der Waals surface area contributed by atoms with Crippen molar-refractivity contribution in [2.45, 2.75) is 110 Å². The summed E-state index contributed by atoms with van der Waals surface area (Å²) in [5, 5.41) is 0. The molecule has 0 N–H and O–H groups in total. The molecule has 0 radical (unpaired) electrons. The molecule has 0 aromatic carbocycles. The molecule has 0 aromatic heterocycles. The highest BCUT2D eigenvalue weighted by atomic mass is 32.2. The summed E-state index contributed by atoms with van der Waals surface area (Å²) in [5.74, 6) is -0.285. The minimum absolute atomic E-state index is 0.285. The summed E-state index contributed by atoms with van der Waals surface area (Å²) in [4.78, 5) is 0. The van der Waals surface area contributed by atoms with Crippen LogP contribution in [0.3, 0.4) is 0 Å². The lowest BCUT2D eigenvalue weighted by molar-refractivity contribution is -0.939. The lowest BCUT2D eigenvalue weighted by Crippen LogP contribution is -2.55. The van der Waals surface area contributed by atoms with E-state index in [0.717, 1.165) is 24.0 Å². The molecule has 0 spiro atoms. The molecule has 0 saturated carbocycles. The Morgan fingerprint density at radius 3 is 1.63 bits per heavy atom. The molecule has 0 saturated heterocycles. The van der Waals surface area contributed by atoms with E-state index in [9.17, 15) is 13.0 Å². The second kappa shape index (κ2) is 18.0. The van der Waals surface area contributed by atoms with Crippen LogP contribution in [-0.4, -0.2) is 48.9 Å². The Labute approximate surface area is 188 Å². The van der Waals surface area contributed by atoms with Gasteiger partial charge in [0, 0.05) is 12.2 Å². The Hall–Kier alpha value is -0.650. The topological polar surface area (TPSA) is 57.2 Å². The van der Waals surface area contributed by atoms with Gasteiger partial charge in [-0.25, -0.2) is 8.42 Å². The molecule has 0 fully saturated rings. The molecule has 0 aliphatic carbocycles. The van der Waals surface area contributed by atoms with Crippen LogP contribution >= 0.6 is 0 Å². The molecule has 1 atom stereocenters. The Kier molecular flexibility index (Phi) is 17.6. The van der Waals surface area contributed by atoms with Gasteiger partial charge in [-0.05, 0) is 31.9 Å². The maximum atomic E-state index is 11.0. The third-order valence-electron chi connectivity index (χ3n) is 6.39. The fourth-order valence-corrected chi connectivity index (χ4v) is 4.95. The standard InChI is InChI=1S/C25H49NO3S/c1-5-8-9-10-11-12-13-14-15-16-17-18-20-25(4)26(21-6-2,22-7-3)23-19-24-30(27,28)29/h6-7,25H,2-3,5,8-24H2,1,4H3. The average molecular weight is 444 g/mol. The van der Waals surface area contributed by atoms with Gasteiger partial charge in [-0.1, -0.05) is 90.7 Å². The van der Waals surface area contributed by atoms with E-state index in [0.29, 0.717) is 19.0 Å². The largest absolute Gasteiger partial charge is 0.748 e. The van der Waals surface area contributed by atoms with Crippen molar-refractivity contribution in [3.63, 3.8) is 0 Å². The first-order chi connectivity index (χ1) is 14.3. The van der Waals surface area contributed by atoms with Gasteiger partial charge in [0.05, 0.1) is 35.8 Å². The molecule has 0 bridgehead atoms. The Morgan fingerprint density at radius 2 is 1.23 bits per heavy atom. The van der Waals surface area contributed by atoms with Crippen molar-refractivity contribution >= 4 is 10.1 Å². The van der Waals surface area contributed by atoms with Crippen LogP contribution in [0.2, 0.25) is 0 Å². The number of nitrogens with zero attached hydrogens (tertiary/aromatic N) is 1. The summed E-state index contributed by atoms with van der Waals surface area (Å²) in [5.41, 5.74) is 0. The van der Waals surface area contributed by atoms with Crippen molar-refractivity contribution in [3.8, 4) is 0 Å². The van der Waals surface area contributed by atoms with Crippen molar-refractivity contribution in [1.29, 1.82) is 0 Å². The molecular formula is C25H49NO3S. The van der Waals surface area contributed by atoms with Crippen LogP contribution in [0.15, 0.2) is 25.3 Å². The molecular weight excluding hydrogens is 394 g/mol. The summed E-state index contributed by atoms with van der Waals surface area (Å²) in [6.07, 6.45) is 21.5. The highest BCUT2D eigenvalue weighted by Crippen LogP contribution is 2.22. The van der Waals surface area contributed by atoms with Crippen LogP contribution in [0.25, 0.3) is 0 Å². The Morgan fingerprint density at radius 1 is 0.800 bits per heavy atom. The zero-order valence-corrected chi connectivity index (χ0v) is 20.8. The van der Waals surface area contributed by atoms with Gasteiger partial charge in [0.2, 0.25) is 0 Å². The molecule has 5 heteroatoms. The summed E-state index contributed by atoms with van der Waals surface area (Å²) in [6.45, 7) is 14.6. The number of unbranched alkanes of at least 4 members (excludes halogenated alkanes) is 11. The van der Waals surface area contributed by atoms with Crippen molar-refractivity contribution in [2.24, 2.45) is 0 Å². The molecule has 1 unspecified atom stereocenters. The fraction of sp³-hybridized carbons (Fsp3) is 0.840. The highest BCUT2D eigenvalue weighted by molar-refractivity contribution is 7.85. The SMILES string of the molecule is C=CC[N+](CC=C)(CCCS(=O)(=O)[O-])C(C)CCCCCCCCCCCCCC. The summed E-state index contributed by atoms with van der Waals surface area (Å²) >= 11 is 0. The number of rotatable bonds is 22. The smallest absolute Gasteiger partial charge is 0.0975 e. The molecule has 0 rings (SSSR count). The second-order valence-corrected chi connectivity index (χ2v) is 10.6. The van der Waals surface area contributed by atoms with Gasteiger partial charge in [-0.3, -0.25) is 0 Å². The zero-order valence-electron chi connectivity index (χ0n) is 20.0. The fourth-order valence-electron chi connectivity index (χ4n) is 4.46. The second-order valence-electron chi connectivity index (χ2n) is 9.03. The van der Waals surface area contributed by atoms with Crippen molar-refractivity contribution in [3.05, 3.63) is 25.3 Å². The van der Waals surface area contributed by atoms with E-state index in [2.05, 4.69) is 27.0 Å². The molecule has 0 heterocycles. The Balaban J connectivity index is 4.16. The molecule has 30 heavy (non-hydrogen) atoms. The van der Waals surface area contributed by atoms with Crippen molar-refractivity contribution < 1.29 is 17.5 Å². The van der Waals surface area contributed by atoms with Crippen molar-refractivity contribution in [2.75, 3.05) is 25.4 Å². The normalized spacial score (nSPS) is 13.3. The van der Waals surface area contributed by atoms with E-state index in [1.807, 2.05) is 12.2 Å². The maximum Gasteiger partial charge on any atom is 0.0975 e.